The van der Waals surface area contributed by atoms with E-state index in [0.717, 1.165) is 16.7 Å². The van der Waals surface area contributed by atoms with Gasteiger partial charge in [-0.05, 0) is 43.2 Å². The lowest BCUT2D eigenvalue weighted by molar-refractivity contribution is -0.140. The number of ketones is 1. The summed E-state index contributed by atoms with van der Waals surface area (Å²) in [5.41, 5.74) is 2.74. The Morgan fingerprint density at radius 3 is 2.43 bits per heavy atom. The zero-order chi connectivity index (χ0) is 25.4. The van der Waals surface area contributed by atoms with Gasteiger partial charge >= 0.3 is 0 Å². The molecule has 35 heavy (non-hydrogen) atoms. The number of benzene rings is 2. The van der Waals surface area contributed by atoms with Crippen molar-refractivity contribution in [3.05, 3.63) is 86.3 Å². The normalized spacial score (nSPS) is 17.2. The van der Waals surface area contributed by atoms with Gasteiger partial charge in [-0.25, -0.2) is 0 Å². The second-order valence-electron chi connectivity index (χ2n) is 8.16. The maximum absolute atomic E-state index is 13.3. The minimum atomic E-state index is -0.978. The largest absolute Gasteiger partial charge is 0.507 e. The lowest BCUT2D eigenvalue weighted by Gasteiger charge is -2.24. The minimum absolute atomic E-state index is 0.0169. The van der Waals surface area contributed by atoms with Gasteiger partial charge in [0.15, 0.2) is 11.5 Å². The van der Waals surface area contributed by atoms with Gasteiger partial charge in [0, 0.05) is 6.54 Å². The van der Waals surface area contributed by atoms with Gasteiger partial charge in [0.1, 0.15) is 22.6 Å². The van der Waals surface area contributed by atoms with Gasteiger partial charge in [-0.2, -0.15) is 0 Å². The highest BCUT2D eigenvalue weighted by Gasteiger charge is 2.48. The molecule has 0 saturated carbocycles. The highest BCUT2D eigenvalue weighted by molar-refractivity contribution is 6.46. The maximum atomic E-state index is 13.3. The number of nitrogens with zero attached hydrogens (tertiary/aromatic N) is 1. The van der Waals surface area contributed by atoms with Gasteiger partial charge in [-0.3, -0.25) is 9.59 Å². The monoisotopic (exact) mass is 515 g/mol. The van der Waals surface area contributed by atoms with E-state index in [1.165, 1.54) is 31.4 Å². The van der Waals surface area contributed by atoms with Crippen LogP contribution in [0.25, 0.3) is 5.76 Å². The van der Waals surface area contributed by atoms with Gasteiger partial charge in [-0.15, -0.1) is 0 Å². The zero-order valence-electron chi connectivity index (χ0n) is 19.5. The van der Waals surface area contributed by atoms with Crippen molar-refractivity contribution in [2.24, 2.45) is 0 Å². The molecular weight excluding hydrogens is 493 g/mol. The summed E-state index contributed by atoms with van der Waals surface area (Å²) in [6.07, 6.45) is 1.44. The number of carbonyl (C=O) groups is 2. The topological polar surface area (TPSA) is 89.2 Å². The molecule has 1 atom stereocenters. The molecule has 1 unspecified atom stereocenters. The lowest BCUT2D eigenvalue weighted by atomic mass is 9.98. The number of carbonyl (C=O) groups excluding carboxylic acids is 2. The Kier molecular flexibility index (Phi) is 6.83. The smallest absolute Gasteiger partial charge is 0.296 e. The third kappa shape index (κ3) is 4.26. The van der Waals surface area contributed by atoms with Crippen molar-refractivity contribution >= 4 is 40.7 Å². The SMILES string of the molecule is COc1c(Cl)cc(/C(O)=C2/C(=O)C(=O)N(Cc3cc(C)ccc3C)C2c2ccco2)c(OC)c1Cl. The fraction of sp³-hybridized carbons (Fsp3) is 0.231. The minimum Gasteiger partial charge on any atom is -0.507 e. The van der Waals surface area contributed by atoms with Crippen LogP contribution in [0, 0.1) is 13.8 Å². The molecule has 1 N–H and O–H groups in total. The van der Waals surface area contributed by atoms with Crippen LogP contribution in [0.1, 0.15) is 34.1 Å². The van der Waals surface area contributed by atoms with Crippen molar-refractivity contribution < 1.29 is 28.6 Å². The van der Waals surface area contributed by atoms with Crippen LogP contribution in [0.2, 0.25) is 10.0 Å². The summed E-state index contributed by atoms with van der Waals surface area (Å²) in [6, 6.07) is 9.57. The highest BCUT2D eigenvalue weighted by Crippen LogP contribution is 2.47. The molecule has 0 radical (unpaired) electrons. The third-order valence-corrected chi connectivity index (χ3v) is 6.62. The molecule has 1 amide bonds. The molecule has 7 nitrogen and oxygen atoms in total. The summed E-state index contributed by atoms with van der Waals surface area (Å²) in [5, 5.41) is 11.5. The number of Topliss-reactive ketones (excluding diaryl/α,β-unsaturated/α-hetero) is 1. The van der Waals surface area contributed by atoms with Crippen LogP contribution in [0.15, 0.2) is 52.7 Å². The summed E-state index contributed by atoms with van der Waals surface area (Å²) < 4.78 is 16.2. The van der Waals surface area contributed by atoms with Crippen molar-refractivity contribution in [2.75, 3.05) is 14.2 Å². The first-order chi connectivity index (χ1) is 16.7. The van der Waals surface area contributed by atoms with Crippen LogP contribution < -0.4 is 9.47 Å². The fourth-order valence-electron chi connectivity index (χ4n) is 4.23. The molecule has 0 aliphatic carbocycles. The third-order valence-electron chi connectivity index (χ3n) is 5.99. The first-order valence-corrected chi connectivity index (χ1v) is 11.4. The molecular formula is C26H23Cl2NO6. The molecule has 1 fully saturated rings. The number of halogens is 2. The predicted molar refractivity (Wildman–Crippen MR) is 132 cm³/mol. The molecule has 3 aromatic rings. The average molecular weight is 516 g/mol. The Bertz CT molecular complexity index is 1350. The van der Waals surface area contributed by atoms with E-state index in [0.29, 0.717) is 5.76 Å². The summed E-state index contributed by atoms with van der Waals surface area (Å²) in [7, 11) is 2.75. The number of amides is 1. The van der Waals surface area contributed by atoms with Crippen LogP contribution in [0.5, 0.6) is 11.5 Å². The molecule has 2 heterocycles. The Morgan fingerprint density at radius 1 is 1.09 bits per heavy atom. The molecule has 1 aromatic heterocycles. The lowest BCUT2D eigenvalue weighted by Crippen LogP contribution is -2.29. The molecule has 1 aliphatic rings. The standard InChI is InChI=1S/C26H23Cl2NO6/c1-13-7-8-14(2)15(10-13)12-29-21(18-6-5-9-35-18)19(23(31)26(29)32)22(30)16-11-17(27)25(34-4)20(28)24(16)33-3/h5-11,21,30H,12H2,1-4H3/b22-19-. The molecule has 1 aliphatic heterocycles. The first kappa shape index (κ1) is 24.7. The fourth-order valence-corrected chi connectivity index (χ4v) is 4.92. The zero-order valence-corrected chi connectivity index (χ0v) is 21.0. The molecule has 182 valence electrons. The quantitative estimate of drug-likeness (QED) is 0.252. The predicted octanol–water partition coefficient (Wildman–Crippen LogP) is 5.84. The number of ether oxygens (including phenoxy) is 2. The molecule has 2 aromatic carbocycles. The number of likely N-dealkylation sites (tertiary alicyclic amines) is 1. The number of hydrogen-bond acceptors (Lipinski definition) is 6. The Labute approximate surface area is 212 Å². The average Bonchev–Trinajstić information content (AvgIpc) is 3.43. The summed E-state index contributed by atoms with van der Waals surface area (Å²) >= 11 is 12.7. The summed E-state index contributed by atoms with van der Waals surface area (Å²) in [4.78, 5) is 27.9. The van der Waals surface area contributed by atoms with Crippen LogP contribution in [0.3, 0.4) is 0 Å². The van der Waals surface area contributed by atoms with E-state index in [1.807, 2.05) is 32.0 Å². The first-order valence-electron chi connectivity index (χ1n) is 10.7. The van der Waals surface area contributed by atoms with E-state index in [-0.39, 0.29) is 39.2 Å². The summed E-state index contributed by atoms with van der Waals surface area (Å²) in [5.74, 6) is -1.60. The van der Waals surface area contributed by atoms with Crippen LogP contribution in [-0.4, -0.2) is 35.9 Å². The Hall–Kier alpha value is -3.42. The van der Waals surface area contributed by atoms with Gasteiger partial charge in [0.25, 0.3) is 11.7 Å². The van der Waals surface area contributed by atoms with Gasteiger partial charge < -0.3 is 23.9 Å². The van der Waals surface area contributed by atoms with Gasteiger partial charge in [0.2, 0.25) is 0 Å². The molecule has 1 saturated heterocycles. The summed E-state index contributed by atoms with van der Waals surface area (Å²) in [6.45, 7) is 4.02. The second-order valence-corrected chi connectivity index (χ2v) is 8.94. The van der Waals surface area contributed by atoms with E-state index in [9.17, 15) is 14.7 Å². The van der Waals surface area contributed by atoms with E-state index in [1.54, 1.807) is 12.1 Å². The maximum Gasteiger partial charge on any atom is 0.296 e. The molecule has 4 rings (SSSR count). The van der Waals surface area contributed by atoms with Crippen molar-refractivity contribution in [1.82, 2.24) is 4.90 Å². The van der Waals surface area contributed by atoms with E-state index in [4.69, 9.17) is 37.1 Å². The number of furan rings is 1. The van der Waals surface area contributed by atoms with Gasteiger partial charge in [0.05, 0.1) is 36.6 Å². The number of aliphatic hydroxyl groups is 1. The van der Waals surface area contributed by atoms with Gasteiger partial charge in [-0.1, -0.05) is 47.0 Å². The molecule has 0 bridgehead atoms. The second kappa shape index (κ2) is 9.68. The number of aliphatic hydroxyl groups excluding tert-OH is 1. The van der Waals surface area contributed by atoms with E-state index >= 15 is 0 Å². The van der Waals surface area contributed by atoms with Crippen molar-refractivity contribution in [3.8, 4) is 11.5 Å². The number of hydrogen-bond donors (Lipinski definition) is 1. The van der Waals surface area contributed by atoms with Crippen molar-refractivity contribution in [2.45, 2.75) is 26.4 Å². The number of aryl methyl sites for hydroxylation is 2. The van der Waals surface area contributed by atoms with Crippen LogP contribution in [-0.2, 0) is 16.1 Å². The van der Waals surface area contributed by atoms with E-state index < -0.39 is 23.5 Å². The molecule has 9 heteroatoms. The van der Waals surface area contributed by atoms with E-state index in [2.05, 4.69) is 0 Å². The highest BCUT2D eigenvalue weighted by atomic mass is 35.5. The number of rotatable bonds is 6. The molecule has 0 spiro atoms. The van der Waals surface area contributed by atoms with Crippen LogP contribution >= 0.6 is 23.2 Å². The Balaban J connectivity index is 1.92. The van der Waals surface area contributed by atoms with Crippen molar-refractivity contribution in [3.63, 3.8) is 0 Å². The Morgan fingerprint density at radius 2 is 1.80 bits per heavy atom. The van der Waals surface area contributed by atoms with Crippen LogP contribution in [0.4, 0.5) is 0 Å². The van der Waals surface area contributed by atoms with Crippen molar-refractivity contribution in [1.29, 1.82) is 0 Å². The number of methoxy groups -OCH3 is 2.